The summed E-state index contributed by atoms with van der Waals surface area (Å²) < 4.78 is 6.56. The Kier molecular flexibility index (Phi) is 4.63. The summed E-state index contributed by atoms with van der Waals surface area (Å²) in [4.78, 5) is 7.06. The van der Waals surface area contributed by atoms with Crippen LogP contribution in [0.4, 0.5) is 5.82 Å². The quantitative estimate of drug-likeness (QED) is 0.735. The highest BCUT2D eigenvalue weighted by molar-refractivity contribution is 14.1. The molecule has 0 bridgehead atoms. The van der Waals surface area contributed by atoms with Gasteiger partial charge in [-0.3, -0.25) is 0 Å². The van der Waals surface area contributed by atoms with E-state index < -0.39 is 0 Å². The van der Waals surface area contributed by atoms with E-state index in [1.165, 1.54) is 27.5 Å². The molecule has 0 atom stereocenters. The predicted molar refractivity (Wildman–Crippen MR) is 93.9 cm³/mol. The van der Waals surface area contributed by atoms with Crippen LogP contribution in [0, 0.1) is 3.57 Å². The SMILES string of the molecule is COc1ccc(CN2CCCCc3c(I)ccnc32)cc1. The number of benzene rings is 1. The van der Waals surface area contributed by atoms with Crippen LogP contribution in [0.5, 0.6) is 5.75 Å². The average Bonchev–Trinajstić information content (AvgIpc) is 2.72. The standard InChI is InChI=1S/C17H19IN2O/c1-21-14-7-5-13(6-8-14)12-20-11-3-2-4-15-16(18)9-10-19-17(15)20/h5-10H,2-4,11-12H2,1H3. The van der Waals surface area contributed by atoms with E-state index in [1.54, 1.807) is 7.11 Å². The van der Waals surface area contributed by atoms with Crippen molar-refractivity contribution < 1.29 is 4.74 Å². The number of fused-ring (bicyclic) bond motifs is 1. The summed E-state index contributed by atoms with van der Waals surface area (Å²) in [5.74, 6) is 2.07. The van der Waals surface area contributed by atoms with E-state index >= 15 is 0 Å². The number of hydrogen-bond donors (Lipinski definition) is 0. The predicted octanol–water partition coefficient (Wildman–Crippen LogP) is 4.04. The Balaban J connectivity index is 1.86. The van der Waals surface area contributed by atoms with Crippen molar-refractivity contribution >= 4 is 28.4 Å². The van der Waals surface area contributed by atoms with Crippen LogP contribution < -0.4 is 9.64 Å². The normalized spacial score (nSPS) is 14.5. The van der Waals surface area contributed by atoms with Crippen molar-refractivity contribution in [1.29, 1.82) is 0 Å². The van der Waals surface area contributed by atoms with Crippen molar-refractivity contribution in [3.63, 3.8) is 0 Å². The third-order valence-electron chi connectivity index (χ3n) is 3.91. The molecule has 0 saturated carbocycles. The Hall–Kier alpha value is -1.30. The number of aromatic nitrogens is 1. The van der Waals surface area contributed by atoms with Gasteiger partial charge in [0.05, 0.1) is 7.11 Å². The third kappa shape index (κ3) is 3.31. The molecular weight excluding hydrogens is 375 g/mol. The molecule has 4 heteroatoms. The van der Waals surface area contributed by atoms with Crippen LogP contribution in [0.2, 0.25) is 0 Å². The van der Waals surface area contributed by atoms with Crippen LogP contribution in [0.15, 0.2) is 36.5 Å². The number of hydrogen-bond acceptors (Lipinski definition) is 3. The Morgan fingerprint density at radius 3 is 2.76 bits per heavy atom. The molecule has 0 saturated heterocycles. The molecule has 1 aliphatic rings. The molecule has 0 amide bonds. The van der Waals surface area contributed by atoms with Gasteiger partial charge in [-0.1, -0.05) is 12.1 Å². The fraction of sp³-hybridized carbons (Fsp3) is 0.353. The molecule has 2 heterocycles. The highest BCUT2D eigenvalue weighted by Gasteiger charge is 2.18. The fourth-order valence-corrected chi connectivity index (χ4v) is 3.45. The highest BCUT2D eigenvalue weighted by Crippen LogP contribution is 2.29. The summed E-state index contributed by atoms with van der Waals surface area (Å²) >= 11 is 2.43. The van der Waals surface area contributed by atoms with Gasteiger partial charge in [0, 0.05) is 28.4 Å². The van der Waals surface area contributed by atoms with E-state index in [0.717, 1.165) is 31.1 Å². The summed E-state index contributed by atoms with van der Waals surface area (Å²) in [5, 5.41) is 0. The van der Waals surface area contributed by atoms with Gasteiger partial charge < -0.3 is 9.64 Å². The van der Waals surface area contributed by atoms with Crippen LogP contribution in [0.3, 0.4) is 0 Å². The van der Waals surface area contributed by atoms with Crippen molar-refractivity contribution in [3.8, 4) is 5.75 Å². The lowest BCUT2D eigenvalue weighted by atomic mass is 10.1. The van der Waals surface area contributed by atoms with Crippen LogP contribution in [0.25, 0.3) is 0 Å². The lowest BCUT2D eigenvalue weighted by Gasteiger charge is -2.24. The lowest BCUT2D eigenvalue weighted by molar-refractivity contribution is 0.414. The zero-order chi connectivity index (χ0) is 14.7. The van der Waals surface area contributed by atoms with Gasteiger partial charge in [-0.2, -0.15) is 0 Å². The van der Waals surface area contributed by atoms with Crippen molar-refractivity contribution in [3.05, 3.63) is 51.2 Å². The molecule has 3 nitrogen and oxygen atoms in total. The molecule has 110 valence electrons. The van der Waals surface area contributed by atoms with E-state index in [4.69, 9.17) is 4.74 Å². The zero-order valence-corrected chi connectivity index (χ0v) is 14.3. The number of nitrogens with zero attached hydrogens (tertiary/aromatic N) is 2. The maximum Gasteiger partial charge on any atom is 0.133 e. The van der Waals surface area contributed by atoms with E-state index in [9.17, 15) is 0 Å². The molecule has 0 unspecified atom stereocenters. The van der Waals surface area contributed by atoms with E-state index in [2.05, 4.69) is 50.7 Å². The first kappa shape index (κ1) is 14.6. The van der Waals surface area contributed by atoms with Gasteiger partial charge in [-0.15, -0.1) is 0 Å². The van der Waals surface area contributed by atoms with Crippen LogP contribution in [-0.4, -0.2) is 18.6 Å². The van der Waals surface area contributed by atoms with E-state index in [-0.39, 0.29) is 0 Å². The molecule has 1 aliphatic heterocycles. The maximum absolute atomic E-state index is 5.22. The van der Waals surface area contributed by atoms with Gasteiger partial charge in [0.25, 0.3) is 0 Å². The van der Waals surface area contributed by atoms with Crippen LogP contribution in [0.1, 0.15) is 24.0 Å². The molecular formula is C17H19IN2O. The molecule has 1 aromatic carbocycles. The molecule has 0 aliphatic carbocycles. The van der Waals surface area contributed by atoms with Gasteiger partial charge in [0.15, 0.2) is 0 Å². The lowest BCUT2D eigenvalue weighted by Crippen LogP contribution is -2.24. The second kappa shape index (κ2) is 6.64. The van der Waals surface area contributed by atoms with Gasteiger partial charge in [-0.05, 0) is 65.6 Å². The molecule has 21 heavy (non-hydrogen) atoms. The fourth-order valence-electron chi connectivity index (χ4n) is 2.78. The first-order chi connectivity index (χ1) is 10.3. The topological polar surface area (TPSA) is 25.4 Å². The van der Waals surface area contributed by atoms with E-state index in [1.807, 2.05) is 18.3 Å². The summed E-state index contributed by atoms with van der Waals surface area (Å²) in [7, 11) is 1.70. The number of pyridine rings is 1. The van der Waals surface area contributed by atoms with Crippen LogP contribution >= 0.6 is 22.6 Å². The number of anilines is 1. The first-order valence-electron chi connectivity index (χ1n) is 7.29. The van der Waals surface area contributed by atoms with Gasteiger partial charge in [0.2, 0.25) is 0 Å². The highest BCUT2D eigenvalue weighted by atomic mass is 127. The van der Waals surface area contributed by atoms with Gasteiger partial charge >= 0.3 is 0 Å². The molecule has 1 aromatic heterocycles. The molecule has 3 rings (SSSR count). The summed E-state index contributed by atoms with van der Waals surface area (Å²) in [6.07, 6.45) is 5.53. The largest absolute Gasteiger partial charge is 0.497 e. The van der Waals surface area contributed by atoms with Gasteiger partial charge in [-0.25, -0.2) is 4.98 Å². The molecule has 0 N–H and O–H groups in total. The Bertz CT molecular complexity index is 613. The number of ether oxygens (including phenoxy) is 1. The Morgan fingerprint density at radius 2 is 2.00 bits per heavy atom. The summed E-state index contributed by atoms with van der Waals surface area (Å²) in [6, 6.07) is 10.4. The average molecular weight is 394 g/mol. The zero-order valence-electron chi connectivity index (χ0n) is 12.2. The monoisotopic (exact) mass is 394 g/mol. The third-order valence-corrected chi connectivity index (χ3v) is 4.92. The van der Waals surface area contributed by atoms with Crippen molar-refractivity contribution in [2.45, 2.75) is 25.8 Å². The van der Waals surface area contributed by atoms with Crippen molar-refractivity contribution in [2.24, 2.45) is 0 Å². The number of methoxy groups -OCH3 is 1. The molecule has 0 spiro atoms. The smallest absolute Gasteiger partial charge is 0.133 e. The Morgan fingerprint density at radius 1 is 1.19 bits per heavy atom. The molecule has 0 radical (unpaired) electrons. The maximum atomic E-state index is 5.22. The summed E-state index contributed by atoms with van der Waals surface area (Å²) in [6.45, 7) is 1.98. The van der Waals surface area contributed by atoms with Crippen molar-refractivity contribution in [1.82, 2.24) is 4.98 Å². The van der Waals surface area contributed by atoms with E-state index in [0.29, 0.717) is 0 Å². The molecule has 2 aromatic rings. The minimum Gasteiger partial charge on any atom is -0.497 e. The van der Waals surface area contributed by atoms with Gasteiger partial charge in [0.1, 0.15) is 11.6 Å². The molecule has 0 fully saturated rings. The minimum atomic E-state index is 0.905. The van der Waals surface area contributed by atoms with Crippen molar-refractivity contribution in [2.75, 3.05) is 18.6 Å². The number of halogens is 1. The Labute approximate surface area is 139 Å². The second-order valence-electron chi connectivity index (χ2n) is 5.32. The minimum absolute atomic E-state index is 0.905. The second-order valence-corrected chi connectivity index (χ2v) is 6.48. The summed E-state index contributed by atoms with van der Waals surface area (Å²) in [5.41, 5.74) is 2.70. The van der Waals surface area contributed by atoms with Crippen LogP contribution in [-0.2, 0) is 13.0 Å². The number of rotatable bonds is 3. The first-order valence-corrected chi connectivity index (χ1v) is 8.37.